The van der Waals surface area contributed by atoms with Gasteiger partial charge in [-0.3, -0.25) is 14.4 Å². The highest BCUT2D eigenvalue weighted by Crippen LogP contribution is 2.16. The Bertz CT molecular complexity index is 1720. The lowest BCUT2D eigenvalue weighted by molar-refractivity contribution is -0.167. The lowest BCUT2D eigenvalue weighted by Gasteiger charge is -2.18. The molecule has 0 aliphatic rings. The Balaban J connectivity index is 4.38. The summed E-state index contributed by atoms with van der Waals surface area (Å²) in [6.07, 6.45) is 96.1. The van der Waals surface area contributed by atoms with Gasteiger partial charge in [0.05, 0.1) is 0 Å². The van der Waals surface area contributed by atoms with Gasteiger partial charge in [-0.15, -0.1) is 0 Å². The molecule has 0 aliphatic heterocycles. The number of carbonyl (C=O) groups excluding carboxylic acids is 3. The largest absolute Gasteiger partial charge is 0.462 e. The van der Waals surface area contributed by atoms with E-state index in [9.17, 15) is 14.4 Å². The van der Waals surface area contributed by atoms with Crippen LogP contribution >= 0.6 is 0 Å². The molecule has 0 aromatic carbocycles. The number of unbranched alkanes of at least 4 members (excludes halogenated alkanes) is 27. The second-order valence-electron chi connectivity index (χ2n) is 22.0. The molecule has 0 N–H and O–H groups in total. The normalized spacial score (nSPS) is 13.0. The van der Waals surface area contributed by atoms with Crippen LogP contribution in [0.3, 0.4) is 0 Å². The van der Waals surface area contributed by atoms with Crippen molar-refractivity contribution in [3.8, 4) is 0 Å². The predicted molar refractivity (Wildman–Crippen MR) is 353 cm³/mol. The van der Waals surface area contributed by atoms with Crippen molar-refractivity contribution in [1.29, 1.82) is 0 Å². The fourth-order valence-electron chi connectivity index (χ4n) is 9.14. The fraction of sp³-hybridized carbons (Fsp3) is 0.667. The van der Waals surface area contributed by atoms with Gasteiger partial charge in [-0.25, -0.2) is 0 Å². The van der Waals surface area contributed by atoms with Crippen LogP contribution < -0.4 is 0 Å². The van der Waals surface area contributed by atoms with Gasteiger partial charge in [0.2, 0.25) is 0 Å². The quantitative estimate of drug-likeness (QED) is 0.0261. The molecule has 0 heterocycles. The van der Waals surface area contributed by atoms with Crippen molar-refractivity contribution in [1.82, 2.24) is 0 Å². The monoisotopic (exact) mass is 1120 g/mol. The molecule has 0 spiro atoms. The minimum Gasteiger partial charge on any atom is -0.462 e. The summed E-state index contributed by atoms with van der Waals surface area (Å²) >= 11 is 0. The van der Waals surface area contributed by atoms with Crippen LogP contribution in [0.4, 0.5) is 0 Å². The van der Waals surface area contributed by atoms with Gasteiger partial charge in [0, 0.05) is 19.3 Å². The first kappa shape index (κ1) is 76.5. The van der Waals surface area contributed by atoms with Crippen molar-refractivity contribution in [2.75, 3.05) is 13.2 Å². The van der Waals surface area contributed by atoms with Crippen molar-refractivity contribution in [3.63, 3.8) is 0 Å². The summed E-state index contributed by atoms with van der Waals surface area (Å²) in [6.45, 7) is 6.37. The Kier molecular flexibility index (Phi) is 64.3. The molecule has 1 atom stereocenters. The molecule has 0 saturated carbocycles. The summed E-state index contributed by atoms with van der Waals surface area (Å²) in [5.74, 6) is -0.947. The zero-order valence-electron chi connectivity index (χ0n) is 52.8. The van der Waals surface area contributed by atoms with Crippen LogP contribution in [0.1, 0.15) is 303 Å². The molecule has 0 saturated heterocycles. The number of hydrogen-bond donors (Lipinski definition) is 0. The Morgan fingerprint density at radius 1 is 0.259 bits per heavy atom. The highest BCUT2D eigenvalue weighted by molar-refractivity contribution is 5.71. The van der Waals surface area contributed by atoms with Gasteiger partial charge in [0.15, 0.2) is 6.10 Å². The molecule has 0 bridgehead atoms. The molecule has 0 amide bonds. The Morgan fingerprint density at radius 3 is 0.778 bits per heavy atom. The van der Waals surface area contributed by atoms with E-state index in [2.05, 4.69) is 154 Å². The maximum absolute atomic E-state index is 12.9. The van der Waals surface area contributed by atoms with Gasteiger partial charge in [0.1, 0.15) is 13.2 Å². The third-order valence-electron chi connectivity index (χ3n) is 14.1. The third-order valence-corrected chi connectivity index (χ3v) is 14.1. The van der Waals surface area contributed by atoms with Gasteiger partial charge in [-0.05, 0) is 135 Å². The van der Waals surface area contributed by atoms with Gasteiger partial charge < -0.3 is 14.2 Å². The summed E-state index contributed by atoms with van der Waals surface area (Å²) in [4.78, 5) is 38.4. The van der Waals surface area contributed by atoms with E-state index in [-0.39, 0.29) is 31.1 Å². The van der Waals surface area contributed by atoms with Crippen molar-refractivity contribution in [2.45, 2.75) is 309 Å². The Labute approximate surface area is 500 Å². The van der Waals surface area contributed by atoms with Crippen LogP contribution in [0.2, 0.25) is 0 Å². The third kappa shape index (κ3) is 66.2. The summed E-state index contributed by atoms with van der Waals surface area (Å²) in [6, 6.07) is 0. The van der Waals surface area contributed by atoms with E-state index in [0.29, 0.717) is 19.3 Å². The molecule has 0 aromatic heterocycles. The van der Waals surface area contributed by atoms with Crippen LogP contribution in [-0.2, 0) is 28.6 Å². The molecular formula is C75H124O6. The van der Waals surface area contributed by atoms with Gasteiger partial charge in [-0.2, -0.15) is 0 Å². The molecule has 6 heteroatoms. The Morgan fingerprint density at radius 2 is 0.481 bits per heavy atom. The molecule has 81 heavy (non-hydrogen) atoms. The zero-order chi connectivity index (χ0) is 58.5. The van der Waals surface area contributed by atoms with Gasteiger partial charge in [0.25, 0.3) is 0 Å². The summed E-state index contributed by atoms with van der Waals surface area (Å²) < 4.78 is 16.9. The van der Waals surface area contributed by atoms with Crippen molar-refractivity contribution >= 4 is 17.9 Å². The number of rotatable bonds is 60. The predicted octanol–water partition coefficient (Wildman–Crippen LogP) is 23.3. The van der Waals surface area contributed by atoms with E-state index in [1.165, 1.54) is 135 Å². The van der Waals surface area contributed by atoms with E-state index >= 15 is 0 Å². The second-order valence-corrected chi connectivity index (χ2v) is 22.0. The van der Waals surface area contributed by atoms with E-state index in [1.807, 2.05) is 0 Å². The average molecular weight is 1120 g/mol. The topological polar surface area (TPSA) is 78.9 Å². The molecule has 0 fully saturated rings. The number of hydrogen-bond acceptors (Lipinski definition) is 6. The molecular weight excluding hydrogens is 997 g/mol. The molecule has 0 aliphatic carbocycles. The summed E-state index contributed by atoms with van der Waals surface area (Å²) in [5, 5.41) is 0. The lowest BCUT2D eigenvalue weighted by Crippen LogP contribution is -2.30. The smallest absolute Gasteiger partial charge is 0.306 e. The highest BCUT2D eigenvalue weighted by Gasteiger charge is 2.19. The number of esters is 3. The van der Waals surface area contributed by atoms with Crippen LogP contribution in [0.25, 0.3) is 0 Å². The van der Waals surface area contributed by atoms with E-state index < -0.39 is 6.10 Å². The molecule has 1 unspecified atom stereocenters. The SMILES string of the molecule is CC/C=C\C/C=C\C/C=C\C/C=C\CCCCCCCCCCC(=O)OC(COC(=O)CCCC/C=C\C/C=C\C/C=C\C/C=C\CC)COC(=O)CCCCCCCCCCCCCC/C=C\C/C=C\C/C=C\CCCCCCC. The van der Waals surface area contributed by atoms with Crippen molar-refractivity contribution < 1.29 is 28.6 Å². The van der Waals surface area contributed by atoms with E-state index in [0.717, 1.165) is 128 Å². The summed E-state index contributed by atoms with van der Waals surface area (Å²) in [7, 11) is 0. The second kappa shape index (κ2) is 68.1. The molecule has 6 nitrogen and oxygen atoms in total. The molecule has 460 valence electrons. The van der Waals surface area contributed by atoms with E-state index in [4.69, 9.17) is 14.2 Å². The van der Waals surface area contributed by atoms with Gasteiger partial charge in [-0.1, -0.05) is 283 Å². The number of allylic oxidation sites excluding steroid dienone is 22. The maximum atomic E-state index is 12.9. The van der Waals surface area contributed by atoms with E-state index in [1.54, 1.807) is 0 Å². The van der Waals surface area contributed by atoms with Gasteiger partial charge >= 0.3 is 17.9 Å². The van der Waals surface area contributed by atoms with Crippen LogP contribution in [0.5, 0.6) is 0 Å². The van der Waals surface area contributed by atoms with Crippen LogP contribution in [0.15, 0.2) is 134 Å². The molecule has 0 aromatic rings. The highest BCUT2D eigenvalue weighted by atomic mass is 16.6. The molecule has 0 radical (unpaired) electrons. The standard InChI is InChI=1S/C75H124O6/c1-4-7-10-13-16-19-22-25-28-30-32-34-35-36-37-38-39-41-42-44-47-50-53-56-59-62-65-68-74(77)80-71-72(70-79-73(76)67-64-61-58-55-52-49-46-27-24-21-18-15-12-9-6-3)81-75(78)69-66-63-60-57-54-51-48-45-43-40-33-31-29-26-23-20-17-14-11-8-5-2/h8-9,11-12,17-18,20-22,25-27,29-30,32-33,35-36,40,46,52,55,72H,4-7,10,13-16,19,23-24,28,31,34,37-39,41-45,47-51,53-54,56-71H2,1-3H3/b11-8-,12-9-,20-17-,21-18-,25-22-,29-26-,32-30-,36-35-,40-33-,46-27-,55-52-. The van der Waals surface area contributed by atoms with Crippen LogP contribution in [-0.4, -0.2) is 37.2 Å². The number of ether oxygens (including phenoxy) is 3. The fourth-order valence-corrected chi connectivity index (χ4v) is 9.14. The average Bonchev–Trinajstić information content (AvgIpc) is 3.47. The minimum absolute atomic E-state index is 0.0986. The first-order valence-corrected chi connectivity index (χ1v) is 33.7. The minimum atomic E-state index is -0.807. The zero-order valence-corrected chi connectivity index (χ0v) is 52.8. The first-order valence-electron chi connectivity index (χ1n) is 33.7. The Hall–Kier alpha value is -4.45. The maximum Gasteiger partial charge on any atom is 0.306 e. The van der Waals surface area contributed by atoms with Crippen molar-refractivity contribution in [2.24, 2.45) is 0 Å². The van der Waals surface area contributed by atoms with Crippen molar-refractivity contribution in [3.05, 3.63) is 134 Å². The lowest BCUT2D eigenvalue weighted by atomic mass is 10.0. The summed E-state index contributed by atoms with van der Waals surface area (Å²) in [5.41, 5.74) is 0. The first-order chi connectivity index (χ1) is 40.0. The molecule has 0 rings (SSSR count). The number of carbonyl (C=O) groups is 3. The van der Waals surface area contributed by atoms with Crippen LogP contribution in [0, 0.1) is 0 Å².